The maximum absolute atomic E-state index is 11.9. The van der Waals surface area contributed by atoms with Crippen LogP contribution in [0, 0.1) is 10.1 Å². The van der Waals surface area contributed by atoms with Crippen molar-refractivity contribution in [3.05, 3.63) is 46.0 Å². The summed E-state index contributed by atoms with van der Waals surface area (Å²) in [6.07, 6.45) is 5.63. The molecule has 0 atom stereocenters. The SMILES string of the molecule is COC(=O)CNC(=O)c1ccc(NC2CC=CC2)c([N+](=O)[O-])c1. The second kappa shape index (κ2) is 7.39. The maximum Gasteiger partial charge on any atom is 0.325 e. The average Bonchev–Trinajstić information content (AvgIpc) is 3.05. The molecule has 1 aromatic carbocycles. The normalized spacial score (nSPS) is 13.6. The number of nitro groups is 1. The standard InChI is InChI=1S/C15H17N3O5/c1-23-14(19)9-16-15(20)10-6-7-12(13(8-10)18(21)22)17-11-4-2-3-5-11/h2-3,6-8,11,17H,4-5,9H2,1H3,(H,16,20). The number of nitro benzene ring substituents is 1. The first-order valence-electron chi connectivity index (χ1n) is 7.06. The van der Waals surface area contributed by atoms with E-state index in [1.165, 1.54) is 25.3 Å². The summed E-state index contributed by atoms with van der Waals surface area (Å²) in [6.45, 7) is -0.295. The highest BCUT2D eigenvalue weighted by atomic mass is 16.6. The summed E-state index contributed by atoms with van der Waals surface area (Å²) in [4.78, 5) is 33.6. The zero-order chi connectivity index (χ0) is 16.8. The van der Waals surface area contributed by atoms with E-state index in [1.54, 1.807) is 0 Å². The summed E-state index contributed by atoms with van der Waals surface area (Å²) in [5.41, 5.74) is 0.298. The Labute approximate surface area is 132 Å². The van der Waals surface area contributed by atoms with E-state index in [1.807, 2.05) is 12.2 Å². The van der Waals surface area contributed by atoms with Gasteiger partial charge in [0.05, 0.1) is 12.0 Å². The number of rotatable bonds is 6. The number of carbonyl (C=O) groups excluding carboxylic acids is 2. The van der Waals surface area contributed by atoms with Gasteiger partial charge in [-0.05, 0) is 25.0 Å². The van der Waals surface area contributed by atoms with Gasteiger partial charge in [-0.1, -0.05) is 12.2 Å². The van der Waals surface area contributed by atoms with Crippen LogP contribution in [0.5, 0.6) is 0 Å². The highest BCUT2D eigenvalue weighted by molar-refractivity contribution is 5.97. The maximum atomic E-state index is 11.9. The topological polar surface area (TPSA) is 111 Å². The summed E-state index contributed by atoms with van der Waals surface area (Å²) >= 11 is 0. The van der Waals surface area contributed by atoms with Crippen LogP contribution < -0.4 is 10.6 Å². The fraction of sp³-hybridized carbons (Fsp3) is 0.333. The summed E-state index contributed by atoms with van der Waals surface area (Å²) < 4.78 is 4.41. The van der Waals surface area contributed by atoms with Gasteiger partial charge in [0.2, 0.25) is 0 Å². The van der Waals surface area contributed by atoms with Gasteiger partial charge in [0.25, 0.3) is 11.6 Å². The number of hydrogen-bond acceptors (Lipinski definition) is 6. The number of carbonyl (C=O) groups is 2. The first-order chi connectivity index (χ1) is 11.0. The van der Waals surface area contributed by atoms with Crippen LogP contribution in [0.25, 0.3) is 0 Å². The molecule has 1 aromatic rings. The highest BCUT2D eigenvalue weighted by Gasteiger charge is 2.20. The number of benzene rings is 1. The number of nitrogens with one attached hydrogen (secondary N) is 2. The third-order valence-electron chi connectivity index (χ3n) is 3.45. The molecule has 0 bridgehead atoms. The lowest BCUT2D eigenvalue weighted by Crippen LogP contribution is -2.30. The van der Waals surface area contributed by atoms with Crippen LogP contribution in [0.1, 0.15) is 23.2 Å². The van der Waals surface area contributed by atoms with Gasteiger partial charge >= 0.3 is 5.97 Å². The molecule has 8 heteroatoms. The molecule has 0 saturated heterocycles. The second-order valence-electron chi connectivity index (χ2n) is 5.03. The Hall–Kier alpha value is -2.90. The molecule has 1 amide bonds. The highest BCUT2D eigenvalue weighted by Crippen LogP contribution is 2.28. The molecule has 0 spiro atoms. The molecule has 0 fully saturated rings. The first kappa shape index (κ1) is 16.5. The molecule has 0 heterocycles. The summed E-state index contributed by atoms with van der Waals surface area (Å²) in [5, 5.41) is 16.7. The van der Waals surface area contributed by atoms with Crippen molar-refractivity contribution in [3.8, 4) is 0 Å². The van der Waals surface area contributed by atoms with Crippen LogP contribution >= 0.6 is 0 Å². The minimum absolute atomic E-state index is 0.107. The number of amides is 1. The molecule has 0 aliphatic heterocycles. The smallest absolute Gasteiger partial charge is 0.325 e. The molecule has 0 aromatic heterocycles. The van der Waals surface area contributed by atoms with Gasteiger partial charge in [-0.2, -0.15) is 0 Å². The predicted molar refractivity (Wildman–Crippen MR) is 83.2 cm³/mol. The van der Waals surface area contributed by atoms with E-state index in [9.17, 15) is 19.7 Å². The van der Waals surface area contributed by atoms with Crippen LogP contribution in [0.4, 0.5) is 11.4 Å². The van der Waals surface area contributed by atoms with Crippen molar-refractivity contribution >= 4 is 23.3 Å². The molecular formula is C15H17N3O5. The second-order valence-corrected chi connectivity index (χ2v) is 5.03. The molecule has 8 nitrogen and oxygen atoms in total. The lowest BCUT2D eigenvalue weighted by Gasteiger charge is -2.14. The van der Waals surface area contributed by atoms with E-state index in [-0.39, 0.29) is 23.8 Å². The molecule has 0 saturated carbocycles. The molecule has 2 rings (SSSR count). The first-order valence-corrected chi connectivity index (χ1v) is 7.06. The molecule has 122 valence electrons. The average molecular weight is 319 g/mol. The van der Waals surface area contributed by atoms with Crippen molar-refractivity contribution in [1.29, 1.82) is 0 Å². The number of anilines is 1. The Morgan fingerprint density at radius 3 is 2.65 bits per heavy atom. The van der Waals surface area contributed by atoms with Crippen molar-refractivity contribution in [2.45, 2.75) is 18.9 Å². The van der Waals surface area contributed by atoms with Crippen LogP contribution in [0.2, 0.25) is 0 Å². The van der Waals surface area contributed by atoms with E-state index >= 15 is 0 Å². The van der Waals surface area contributed by atoms with E-state index < -0.39 is 16.8 Å². The molecule has 0 radical (unpaired) electrons. The fourth-order valence-corrected chi connectivity index (χ4v) is 2.23. The van der Waals surface area contributed by atoms with Crippen molar-refractivity contribution in [1.82, 2.24) is 5.32 Å². The van der Waals surface area contributed by atoms with Gasteiger partial charge in [-0.3, -0.25) is 19.7 Å². The third kappa shape index (κ3) is 4.29. The molecule has 23 heavy (non-hydrogen) atoms. The number of nitrogens with zero attached hydrogens (tertiary/aromatic N) is 1. The van der Waals surface area contributed by atoms with Crippen LogP contribution in [-0.4, -0.2) is 36.5 Å². The van der Waals surface area contributed by atoms with Crippen LogP contribution in [0.15, 0.2) is 30.4 Å². The Morgan fingerprint density at radius 2 is 2.04 bits per heavy atom. The molecule has 2 N–H and O–H groups in total. The van der Waals surface area contributed by atoms with Gasteiger partial charge in [-0.25, -0.2) is 0 Å². The van der Waals surface area contributed by atoms with Crippen molar-refractivity contribution in [2.75, 3.05) is 19.0 Å². The minimum Gasteiger partial charge on any atom is -0.468 e. The van der Waals surface area contributed by atoms with Crippen LogP contribution in [-0.2, 0) is 9.53 Å². The predicted octanol–water partition coefficient (Wildman–Crippen LogP) is 1.63. The zero-order valence-corrected chi connectivity index (χ0v) is 12.6. The molecular weight excluding hydrogens is 302 g/mol. The van der Waals surface area contributed by atoms with Gasteiger partial charge in [0.1, 0.15) is 12.2 Å². The third-order valence-corrected chi connectivity index (χ3v) is 3.45. The van der Waals surface area contributed by atoms with Crippen LogP contribution in [0.3, 0.4) is 0 Å². The summed E-state index contributed by atoms with van der Waals surface area (Å²) in [6, 6.07) is 4.29. The lowest BCUT2D eigenvalue weighted by atomic mass is 10.1. The largest absolute Gasteiger partial charge is 0.468 e. The molecule has 0 unspecified atom stereocenters. The number of methoxy groups -OCH3 is 1. The Balaban J connectivity index is 2.13. The summed E-state index contributed by atoms with van der Waals surface area (Å²) in [5.74, 6) is -1.17. The van der Waals surface area contributed by atoms with E-state index in [4.69, 9.17) is 0 Å². The minimum atomic E-state index is -0.597. The van der Waals surface area contributed by atoms with E-state index in [0.29, 0.717) is 5.69 Å². The summed E-state index contributed by atoms with van der Waals surface area (Å²) in [7, 11) is 1.21. The fourth-order valence-electron chi connectivity index (χ4n) is 2.23. The van der Waals surface area contributed by atoms with Gasteiger partial charge in [0.15, 0.2) is 0 Å². The molecule has 1 aliphatic carbocycles. The number of esters is 1. The zero-order valence-electron chi connectivity index (χ0n) is 12.6. The van der Waals surface area contributed by atoms with Crippen molar-refractivity contribution < 1.29 is 19.2 Å². The quantitative estimate of drug-likeness (QED) is 0.357. The van der Waals surface area contributed by atoms with Gasteiger partial charge in [0, 0.05) is 17.7 Å². The Kier molecular flexibility index (Phi) is 5.29. The van der Waals surface area contributed by atoms with Gasteiger partial charge in [-0.15, -0.1) is 0 Å². The number of ether oxygens (including phenoxy) is 1. The van der Waals surface area contributed by atoms with Crippen molar-refractivity contribution in [2.24, 2.45) is 0 Å². The Bertz CT molecular complexity index is 649. The Morgan fingerprint density at radius 1 is 1.35 bits per heavy atom. The molecule has 1 aliphatic rings. The van der Waals surface area contributed by atoms with Crippen molar-refractivity contribution in [3.63, 3.8) is 0 Å². The number of hydrogen-bond donors (Lipinski definition) is 2. The van der Waals surface area contributed by atoms with E-state index in [0.717, 1.165) is 12.8 Å². The monoisotopic (exact) mass is 319 g/mol. The lowest BCUT2D eigenvalue weighted by molar-refractivity contribution is -0.384. The van der Waals surface area contributed by atoms with E-state index in [2.05, 4.69) is 15.4 Å². The van der Waals surface area contributed by atoms with Gasteiger partial charge < -0.3 is 15.4 Å².